The minimum atomic E-state index is -0.513. The predicted molar refractivity (Wildman–Crippen MR) is 82.0 cm³/mol. The van der Waals surface area contributed by atoms with Crippen molar-refractivity contribution in [1.82, 2.24) is 15.5 Å². The highest BCUT2D eigenvalue weighted by Crippen LogP contribution is 2.26. The van der Waals surface area contributed by atoms with E-state index >= 15 is 0 Å². The quantitative estimate of drug-likeness (QED) is 0.806. The molecule has 1 saturated heterocycles. The highest BCUT2D eigenvalue weighted by atomic mass is 32.1. The van der Waals surface area contributed by atoms with Crippen molar-refractivity contribution in [3.63, 3.8) is 0 Å². The number of amides is 2. The molecule has 1 aliphatic heterocycles. The van der Waals surface area contributed by atoms with Gasteiger partial charge in [0.05, 0.1) is 6.04 Å². The van der Waals surface area contributed by atoms with Crippen LogP contribution >= 0.6 is 11.3 Å². The first-order valence-corrected chi connectivity index (χ1v) is 8.53. The maximum Gasteiger partial charge on any atom is 0.309 e. The third-order valence-electron chi connectivity index (χ3n) is 4.08. The summed E-state index contributed by atoms with van der Waals surface area (Å²) in [5.74, 6) is -1.01. The highest BCUT2D eigenvalue weighted by molar-refractivity contribution is 7.07. The largest absolute Gasteiger partial charge is 0.346 e. The van der Waals surface area contributed by atoms with Crippen molar-refractivity contribution in [3.8, 4) is 0 Å². The van der Waals surface area contributed by atoms with Crippen molar-refractivity contribution in [1.29, 1.82) is 0 Å². The van der Waals surface area contributed by atoms with E-state index in [1.165, 1.54) is 18.4 Å². The molecule has 2 heterocycles. The predicted octanol–water partition coefficient (Wildman–Crippen LogP) is 1.28. The lowest BCUT2D eigenvalue weighted by Gasteiger charge is -2.27. The number of rotatable bonds is 5. The Hall–Kier alpha value is -1.40. The van der Waals surface area contributed by atoms with E-state index in [0.29, 0.717) is 6.54 Å². The number of likely N-dealkylation sites (tertiary alicyclic amines) is 1. The number of carbonyl (C=O) groups is 2. The highest BCUT2D eigenvalue weighted by Gasteiger charge is 2.28. The molecule has 1 unspecified atom stereocenters. The van der Waals surface area contributed by atoms with Crippen LogP contribution in [0.1, 0.15) is 37.3 Å². The van der Waals surface area contributed by atoms with Gasteiger partial charge >= 0.3 is 11.8 Å². The standard InChI is InChI=1S/C15H21N3O2S/c19-14(15(20)17-12-3-4-12)16-9-13(11-5-8-21-10-11)18-6-1-2-7-18/h5,8,10,12-13H,1-4,6-7,9H2,(H,16,19)(H,17,20). The molecule has 1 aromatic rings. The van der Waals surface area contributed by atoms with Crippen molar-refractivity contribution in [2.45, 2.75) is 37.8 Å². The molecular formula is C15H21N3O2S. The molecule has 2 fully saturated rings. The molecule has 0 bridgehead atoms. The van der Waals surface area contributed by atoms with Crippen LogP contribution in [0.15, 0.2) is 16.8 Å². The van der Waals surface area contributed by atoms with Crippen molar-refractivity contribution in [3.05, 3.63) is 22.4 Å². The van der Waals surface area contributed by atoms with E-state index in [1.54, 1.807) is 11.3 Å². The van der Waals surface area contributed by atoms with Gasteiger partial charge in [-0.2, -0.15) is 11.3 Å². The summed E-state index contributed by atoms with van der Waals surface area (Å²) in [7, 11) is 0. The molecule has 5 nitrogen and oxygen atoms in total. The molecule has 1 aliphatic carbocycles. The summed E-state index contributed by atoms with van der Waals surface area (Å²) in [4.78, 5) is 25.9. The summed E-state index contributed by atoms with van der Waals surface area (Å²) in [6.45, 7) is 2.61. The minimum Gasteiger partial charge on any atom is -0.346 e. The maximum absolute atomic E-state index is 11.9. The van der Waals surface area contributed by atoms with Crippen LogP contribution < -0.4 is 10.6 Å². The lowest BCUT2D eigenvalue weighted by atomic mass is 10.1. The number of hydrogen-bond donors (Lipinski definition) is 2. The lowest BCUT2D eigenvalue weighted by Crippen LogP contribution is -2.44. The Morgan fingerprint density at radius 2 is 2.05 bits per heavy atom. The average molecular weight is 307 g/mol. The van der Waals surface area contributed by atoms with Crippen LogP contribution in [0, 0.1) is 0 Å². The van der Waals surface area contributed by atoms with E-state index in [0.717, 1.165) is 25.9 Å². The zero-order chi connectivity index (χ0) is 14.7. The molecule has 2 aliphatic rings. The Morgan fingerprint density at radius 1 is 1.29 bits per heavy atom. The Morgan fingerprint density at radius 3 is 2.67 bits per heavy atom. The van der Waals surface area contributed by atoms with Gasteiger partial charge in [0.2, 0.25) is 0 Å². The van der Waals surface area contributed by atoms with Gasteiger partial charge < -0.3 is 10.6 Å². The summed E-state index contributed by atoms with van der Waals surface area (Å²) in [5.41, 5.74) is 1.23. The Kier molecular flexibility index (Phi) is 4.55. The van der Waals surface area contributed by atoms with E-state index in [1.807, 2.05) is 0 Å². The SMILES string of the molecule is O=C(NCC(c1ccsc1)N1CCCC1)C(=O)NC1CC1. The summed E-state index contributed by atoms with van der Waals surface area (Å²) in [5, 5.41) is 9.69. The van der Waals surface area contributed by atoms with Crippen molar-refractivity contribution >= 4 is 23.2 Å². The van der Waals surface area contributed by atoms with Crippen LogP contribution in [-0.4, -0.2) is 42.4 Å². The van der Waals surface area contributed by atoms with E-state index < -0.39 is 11.8 Å². The monoisotopic (exact) mass is 307 g/mol. The van der Waals surface area contributed by atoms with Crippen LogP contribution in [0.4, 0.5) is 0 Å². The summed E-state index contributed by atoms with van der Waals surface area (Å²) in [6, 6.07) is 2.50. The number of nitrogens with zero attached hydrogens (tertiary/aromatic N) is 1. The summed E-state index contributed by atoms with van der Waals surface area (Å²) in [6.07, 6.45) is 4.39. The second kappa shape index (κ2) is 6.58. The molecule has 2 N–H and O–H groups in total. The molecule has 21 heavy (non-hydrogen) atoms. The fraction of sp³-hybridized carbons (Fsp3) is 0.600. The normalized spacial score (nSPS) is 20.2. The zero-order valence-electron chi connectivity index (χ0n) is 12.0. The van der Waals surface area contributed by atoms with Gasteiger partial charge in [0, 0.05) is 12.6 Å². The Balaban J connectivity index is 1.56. The van der Waals surface area contributed by atoms with Crippen LogP contribution in [-0.2, 0) is 9.59 Å². The third-order valence-corrected chi connectivity index (χ3v) is 4.79. The number of thiophene rings is 1. The molecule has 0 radical (unpaired) electrons. The van der Waals surface area contributed by atoms with Crippen LogP contribution in [0.25, 0.3) is 0 Å². The molecule has 1 aromatic heterocycles. The van der Waals surface area contributed by atoms with E-state index in [9.17, 15) is 9.59 Å². The molecule has 1 saturated carbocycles. The molecule has 3 rings (SSSR count). The molecular weight excluding hydrogens is 286 g/mol. The zero-order valence-corrected chi connectivity index (χ0v) is 12.8. The average Bonchev–Trinajstić information content (AvgIpc) is 2.99. The lowest BCUT2D eigenvalue weighted by molar-refractivity contribution is -0.139. The number of carbonyl (C=O) groups excluding carboxylic acids is 2. The van der Waals surface area contributed by atoms with E-state index in [2.05, 4.69) is 32.4 Å². The van der Waals surface area contributed by atoms with Gasteiger partial charge in [-0.05, 0) is 61.2 Å². The summed E-state index contributed by atoms with van der Waals surface area (Å²) >= 11 is 1.67. The van der Waals surface area contributed by atoms with Gasteiger partial charge in [0.1, 0.15) is 0 Å². The molecule has 114 valence electrons. The van der Waals surface area contributed by atoms with E-state index in [4.69, 9.17) is 0 Å². The Labute approximate surface area is 128 Å². The van der Waals surface area contributed by atoms with Gasteiger partial charge in [-0.1, -0.05) is 0 Å². The van der Waals surface area contributed by atoms with Gasteiger partial charge in [0.25, 0.3) is 0 Å². The minimum absolute atomic E-state index is 0.177. The second-order valence-corrected chi connectivity index (χ2v) is 6.55. The first-order chi connectivity index (χ1) is 10.2. The van der Waals surface area contributed by atoms with Crippen LogP contribution in [0.3, 0.4) is 0 Å². The molecule has 1 atom stereocenters. The van der Waals surface area contributed by atoms with Gasteiger partial charge in [0.15, 0.2) is 0 Å². The first-order valence-electron chi connectivity index (χ1n) is 7.59. The molecule has 6 heteroatoms. The maximum atomic E-state index is 11.9. The van der Waals surface area contributed by atoms with Crippen molar-refractivity contribution in [2.75, 3.05) is 19.6 Å². The fourth-order valence-corrected chi connectivity index (χ4v) is 3.43. The van der Waals surface area contributed by atoms with Gasteiger partial charge in [-0.25, -0.2) is 0 Å². The van der Waals surface area contributed by atoms with Crippen molar-refractivity contribution in [2.24, 2.45) is 0 Å². The molecule has 0 aromatic carbocycles. The molecule has 0 spiro atoms. The van der Waals surface area contributed by atoms with Gasteiger partial charge in [-0.3, -0.25) is 14.5 Å². The second-order valence-electron chi connectivity index (χ2n) is 5.77. The fourth-order valence-electron chi connectivity index (χ4n) is 2.72. The third kappa shape index (κ3) is 3.83. The smallest absolute Gasteiger partial charge is 0.309 e. The number of nitrogens with one attached hydrogen (secondary N) is 2. The first kappa shape index (κ1) is 14.5. The Bertz CT molecular complexity index is 493. The van der Waals surface area contributed by atoms with Crippen LogP contribution in [0.2, 0.25) is 0 Å². The van der Waals surface area contributed by atoms with Gasteiger partial charge in [-0.15, -0.1) is 0 Å². The number of hydrogen-bond acceptors (Lipinski definition) is 4. The van der Waals surface area contributed by atoms with Crippen LogP contribution in [0.5, 0.6) is 0 Å². The van der Waals surface area contributed by atoms with Crippen molar-refractivity contribution < 1.29 is 9.59 Å². The molecule has 2 amide bonds. The summed E-state index contributed by atoms with van der Waals surface area (Å²) < 4.78 is 0. The van der Waals surface area contributed by atoms with E-state index in [-0.39, 0.29) is 12.1 Å². The topological polar surface area (TPSA) is 61.4 Å².